The summed E-state index contributed by atoms with van der Waals surface area (Å²) in [5.41, 5.74) is 4.74. The lowest BCUT2D eigenvalue weighted by atomic mass is 10.0. The first-order chi connectivity index (χ1) is 17.3. The number of imide groups is 1. The van der Waals surface area contributed by atoms with Gasteiger partial charge in [0.2, 0.25) is 11.8 Å². The van der Waals surface area contributed by atoms with Gasteiger partial charge in [-0.1, -0.05) is 18.2 Å². The van der Waals surface area contributed by atoms with Crippen LogP contribution in [0.25, 0.3) is 0 Å². The number of nitrogens with zero attached hydrogens (tertiary/aromatic N) is 2. The summed E-state index contributed by atoms with van der Waals surface area (Å²) in [7, 11) is 0. The van der Waals surface area contributed by atoms with E-state index in [1.165, 1.54) is 4.90 Å². The van der Waals surface area contributed by atoms with Crippen molar-refractivity contribution >= 4 is 23.8 Å². The van der Waals surface area contributed by atoms with Gasteiger partial charge in [0.05, 0.1) is 24.9 Å². The second-order valence-electron chi connectivity index (χ2n) is 9.37. The Balaban J connectivity index is 1.21. The van der Waals surface area contributed by atoms with Crippen LogP contribution in [0.3, 0.4) is 0 Å². The molecule has 1 aromatic carbocycles. The van der Waals surface area contributed by atoms with Crippen molar-refractivity contribution in [3.05, 3.63) is 64.0 Å². The number of carbonyl (C=O) groups is 4. The van der Waals surface area contributed by atoms with E-state index < -0.39 is 24.1 Å². The molecular weight excluding hydrogens is 464 g/mol. The number of hydrogen-bond acceptors (Lipinski definition) is 7. The molecule has 1 fully saturated rings. The Morgan fingerprint density at radius 1 is 1.17 bits per heavy atom. The first kappa shape index (κ1) is 23.9. The Labute approximate surface area is 208 Å². The molecule has 1 saturated heterocycles. The fourth-order valence-corrected chi connectivity index (χ4v) is 4.83. The molecule has 0 saturated carbocycles. The van der Waals surface area contributed by atoms with Crippen LogP contribution in [-0.4, -0.2) is 46.3 Å². The number of piperidine rings is 1. The maximum absolute atomic E-state index is 13.1. The highest BCUT2D eigenvalue weighted by Gasteiger charge is 2.39. The third kappa shape index (κ3) is 4.68. The van der Waals surface area contributed by atoms with E-state index in [-0.39, 0.29) is 24.3 Å². The second-order valence-corrected chi connectivity index (χ2v) is 9.37. The number of fused-ring (bicyclic) bond motifs is 2. The summed E-state index contributed by atoms with van der Waals surface area (Å²) in [6, 6.07) is 8.17. The van der Waals surface area contributed by atoms with Crippen LogP contribution in [0.1, 0.15) is 77.3 Å². The fraction of sp³-hybridized carbons (Fsp3) is 0.423. The molecule has 36 heavy (non-hydrogen) atoms. The van der Waals surface area contributed by atoms with Gasteiger partial charge in [-0.05, 0) is 49.1 Å². The van der Waals surface area contributed by atoms with Crippen LogP contribution in [0.4, 0.5) is 4.79 Å². The van der Waals surface area contributed by atoms with Gasteiger partial charge in [-0.3, -0.25) is 24.7 Å². The molecule has 4 amide bonds. The van der Waals surface area contributed by atoms with Crippen LogP contribution < -0.4 is 10.6 Å². The predicted octanol–water partition coefficient (Wildman–Crippen LogP) is 2.46. The van der Waals surface area contributed by atoms with Crippen molar-refractivity contribution in [2.24, 2.45) is 0 Å². The molecule has 3 aliphatic heterocycles. The van der Waals surface area contributed by atoms with Crippen molar-refractivity contribution in [3.8, 4) is 0 Å². The average Bonchev–Trinajstić information content (AvgIpc) is 3.19. The molecule has 188 valence electrons. The number of ether oxygens (including phenoxy) is 2. The summed E-state index contributed by atoms with van der Waals surface area (Å²) in [5.74, 6) is -1.04. The molecule has 0 radical (unpaired) electrons. The molecule has 5 rings (SSSR count). The number of aromatic nitrogens is 1. The van der Waals surface area contributed by atoms with Crippen LogP contribution in [0.15, 0.2) is 30.3 Å². The molecule has 2 N–H and O–H groups in total. The molecule has 0 bridgehead atoms. The highest BCUT2D eigenvalue weighted by Crippen LogP contribution is 2.30. The van der Waals surface area contributed by atoms with Gasteiger partial charge in [0.1, 0.15) is 12.1 Å². The molecular formula is C26H28N4O6. The molecule has 1 aromatic heterocycles. The van der Waals surface area contributed by atoms with Gasteiger partial charge in [0, 0.05) is 30.6 Å². The van der Waals surface area contributed by atoms with Crippen molar-refractivity contribution < 1.29 is 28.7 Å². The summed E-state index contributed by atoms with van der Waals surface area (Å²) in [4.78, 5) is 55.5. The highest BCUT2D eigenvalue weighted by atomic mass is 16.6. The average molecular weight is 493 g/mol. The minimum atomic E-state index is -0.670. The van der Waals surface area contributed by atoms with E-state index in [1.54, 1.807) is 13.0 Å². The zero-order valence-electron chi connectivity index (χ0n) is 20.2. The van der Waals surface area contributed by atoms with E-state index in [2.05, 4.69) is 15.6 Å². The van der Waals surface area contributed by atoms with E-state index in [1.807, 2.05) is 31.2 Å². The van der Waals surface area contributed by atoms with Gasteiger partial charge < -0.3 is 19.7 Å². The van der Waals surface area contributed by atoms with Gasteiger partial charge in [-0.2, -0.15) is 0 Å². The van der Waals surface area contributed by atoms with Gasteiger partial charge >= 0.3 is 6.09 Å². The third-order valence-electron chi connectivity index (χ3n) is 6.91. The van der Waals surface area contributed by atoms with Gasteiger partial charge in [-0.15, -0.1) is 0 Å². The number of amides is 4. The quantitative estimate of drug-likeness (QED) is 0.614. The summed E-state index contributed by atoms with van der Waals surface area (Å²) in [6.45, 7) is 5.07. The van der Waals surface area contributed by atoms with E-state index in [0.717, 1.165) is 28.9 Å². The Bertz CT molecular complexity index is 1240. The summed E-state index contributed by atoms with van der Waals surface area (Å²) in [5, 5.41) is 5.12. The maximum Gasteiger partial charge on any atom is 0.408 e. The Kier molecular flexibility index (Phi) is 6.44. The van der Waals surface area contributed by atoms with Gasteiger partial charge in [-0.25, -0.2) is 4.79 Å². The van der Waals surface area contributed by atoms with Crippen molar-refractivity contribution in [1.82, 2.24) is 20.5 Å². The monoisotopic (exact) mass is 492 g/mol. The number of benzene rings is 1. The van der Waals surface area contributed by atoms with Crippen LogP contribution in [-0.2, 0) is 38.6 Å². The summed E-state index contributed by atoms with van der Waals surface area (Å²) < 4.78 is 11.0. The molecule has 10 nitrogen and oxygen atoms in total. The standard InChI is InChI=1S/C26H28N4O6/c1-14(20-6-5-18-13-35-10-9-21(18)28-20)27-26(34)36-15(2)16-3-4-17-12-30(25(33)19(17)11-16)22-7-8-23(31)29-24(22)32/h3-6,11,14-15,22H,7-10,12-13H2,1-2H3,(H,27,34)(H,29,31,32). The van der Waals surface area contributed by atoms with E-state index in [9.17, 15) is 19.2 Å². The number of pyridine rings is 1. The predicted molar refractivity (Wildman–Crippen MR) is 127 cm³/mol. The maximum atomic E-state index is 13.1. The Hall–Kier alpha value is -3.79. The number of carbonyl (C=O) groups excluding carboxylic acids is 4. The normalized spacial score (nSPS) is 20.8. The van der Waals surface area contributed by atoms with Crippen LogP contribution in [0, 0.1) is 0 Å². The Morgan fingerprint density at radius 3 is 2.78 bits per heavy atom. The molecule has 2 aromatic rings. The van der Waals surface area contributed by atoms with Gasteiger partial charge in [0.15, 0.2) is 0 Å². The van der Waals surface area contributed by atoms with E-state index in [4.69, 9.17) is 9.47 Å². The minimum absolute atomic E-state index is 0.204. The van der Waals surface area contributed by atoms with Crippen LogP contribution in [0.2, 0.25) is 0 Å². The second kappa shape index (κ2) is 9.69. The van der Waals surface area contributed by atoms with E-state index >= 15 is 0 Å². The third-order valence-corrected chi connectivity index (χ3v) is 6.91. The summed E-state index contributed by atoms with van der Waals surface area (Å²) in [6.07, 6.45) is 0.0656. The number of alkyl carbamates (subject to hydrolysis) is 1. The smallest absolute Gasteiger partial charge is 0.408 e. The van der Waals surface area contributed by atoms with Crippen LogP contribution in [0.5, 0.6) is 0 Å². The highest BCUT2D eigenvalue weighted by molar-refractivity contribution is 6.05. The SMILES string of the molecule is CC(NC(=O)OC(C)c1ccc2c(c1)C(=O)N(C1CCC(=O)NC1=O)C2)c1ccc2c(n1)CCOC2. The minimum Gasteiger partial charge on any atom is -0.442 e. The van der Waals surface area contributed by atoms with Crippen molar-refractivity contribution in [2.45, 2.75) is 64.4 Å². The zero-order chi connectivity index (χ0) is 25.4. The number of hydrogen-bond donors (Lipinski definition) is 2. The van der Waals surface area contributed by atoms with E-state index in [0.29, 0.717) is 37.3 Å². The van der Waals surface area contributed by atoms with Crippen molar-refractivity contribution in [1.29, 1.82) is 0 Å². The van der Waals surface area contributed by atoms with Crippen molar-refractivity contribution in [2.75, 3.05) is 6.61 Å². The molecule has 0 aliphatic carbocycles. The summed E-state index contributed by atoms with van der Waals surface area (Å²) >= 11 is 0. The zero-order valence-corrected chi connectivity index (χ0v) is 20.2. The lowest BCUT2D eigenvalue weighted by Crippen LogP contribution is -2.52. The topological polar surface area (TPSA) is 127 Å². The van der Waals surface area contributed by atoms with Crippen molar-refractivity contribution in [3.63, 3.8) is 0 Å². The van der Waals surface area contributed by atoms with Gasteiger partial charge in [0.25, 0.3) is 5.91 Å². The molecule has 3 unspecified atom stereocenters. The molecule has 10 heteroatoms. The lowest BCUT2D eigenvalue weighted by Gasteiger charge is -2.29. The lowest BCUT2D eigenvalue weighted by molar-refractivity contribution is -0.136. The first-order valence-electron chi connectivity index (χ1n) is 12.1. The van der Waals surface area contributed by atoms with Crippen LogP contribution >= 0.6 is 0 Å². The number of rotatable bonds is 5. The molecule has 4 heterocycles. The molecule has 3 aliphatic rings. The first-order valence-corrected chi connectivity index (χ1v) is 12.1. The molecule has 0 spiro atoms. The number of nitrogens with one attached hydrogen (secondary N) is 2. The molecule has 3 atom stereocenters. The Morgan fingerprint density at radius 2 is 1.97 bits per heavy atom. The largest absolute Gasteiger partial charge is 0.442 e. The fourth-order valence-electron chi connectivity index (χ4n) is 4.83.